The van der Waals surface area contributed by atoms with Gasteiger partial charge in [0.25, 0.3) is 0 Å². The Morgan fingerprint density at radius 3 is 2.38 bits per heavy atom. The van der Waals surface area contributed by atoms with Crippen molar-refractivity contribution in [2.45, 2.75) is 45.6 Å². The molecular weight excluding hydrogens is 317 g/mol. The molecule has 1 aromatic rings. The minimum absolute atomic E-state index is 0.183. The van der Waals surface area contributed by atoms with Gasteiger partial charge in [-0.3, -0.25) is 4.67 Å². The largest absolute Gasteiger partial charge is 0.489 e. The van der Waals surface area contributed by atoms with Crippen molar-refractivity contribution < 1.29 is 4.74 Å². The van der Waals surface area contributed by atoms with Gasteiger partial charge in [-0.1, -0.05) is 9.39 Å². The molecule has 118 valence electrons. The molecule has 0 saturated carbocycles. The lowest BCUT2D eigenvalue weighted by Crippen LogP contribution is -2.25. The summed E-state index contributed by atoms with van der Waals surface area (Å²) in [5.41, 5.74) is 3.91. The number of piperidine rings is 1. The SMILES string of the molecule is Cc1cc(N(P)P)c(OC(C)C)cc1C1CCN(P)CC1. The summed E-state index contributed by atoms with van der Waals surface area (Å²) in [7, 11) is 8.19. The number of benzene rings is 1. The first-order chi connectivity index (χ1) is 9.88. The van der Waals surface area contributed by atoms with Crippen LogP contribution in [-0.2, 0) is 0 Å². The van der Waals surface area contributed by atoms with E-state index >= 15 is 0 Å². The van der Waals surface area contributed by atoms with Crippen molar-refractivity contribution in [2.24, 2.45) is 0 Å². The van der Waals surface area contributed by atoms with Gasteiger partial charge < -0.3 is 9.18 Å². The highest BCUT2D eigenvalue weighted by Crippen LogP contribution is 2.40. The lowest BCUT2D eigenvalue weighted by Gasteiger charge is -2.31. The standard InChI is InChI=1S/C15H27N2OP3/c1-10(2)18-15-9-13(11(3)8-14(15)17(20)21)12-4-6-16(19)7-5-12/h8-10,12H,4-7,19-21H2,1-3H3. The second-order valence-corrected chi connectivity index (χ2v) is 8.50. The molecule has 21 heavy (non-hydrogen) atoms. The van der Waals surface area contributed by atoms with Gasteiger partial charge in [0.1, 0.15) is 5.75 Å². The van der Waals surface area contributed by atoms with E-state index in [1.165, 1.54) is 24.0 Å². The molecule has 0 amide bonds. The number of rotatable bonds is 4. The summed E-state index contributed by atoms with van der Waals surface area (Å²) in [4.78, 5) is 0. The topological polar surface area (TPSA) is 15.7 Å². The van der Waals surface area contributed by atoms with Crippen LogP contribution >= 0.6 is 28.2 Å². The minimum atomic E-state index is 0.183. The van der Waals surface area contributed by atoms with E-state index in [2.05, 4.69) is 65.7 Å². The molecule has 0 bridgehead atoms. The normalized spacial score (nSPS) is 17.3. The van der Waals surface area contributed by atoms with E-state index in [-0.39, 0.29) is 6.10 Å². The first-order valence-corrected chi connectivity index (χ1v) is 9.03. The molecule has 0 aliphatic carbocycles. The third kappa shape index (κ3) is 4.52. The zero-order valence-electron chi connectivity index (χ0n) is 13.2. The molecule has 0 aromatic heterocycles. The molecule has 0 N–H and O–H groups in total. The van der Waals surface area contributed by atoms with Crippen LogP contribution < -0.4 is 9.18 Å². The average Bonchev–Trinajstić information content (AvgIpc) is 2.40. The van der Waals surface area contributed by atoms with Gasteiger partial charge in [0.2, 0.25) is 0 Å². The lowest BCUT2D eigenvalue weighted by atomic mass is 9.87. The Morgan fingerprint density at radius 1 is 1.24 bits per heavy atom. The minimum Gasteiger partial charge on any atom is -0.489 e. The van der Waals surface area contributed by atoms with Gasteiger partial charge in [-0.2, -0.15) is 0 Å². The highest BCUT2D eigenvalue weighted by atomic mass is 31.1. The van der Waals surface area contributed by atoms with Gasteiger partial charge in [0.15, 0.2) is 0 Å². The van der Waals surface area contributed by atoms with Crippen LogP contribution in [0, 0.1) is 6.92 Å². The molecule has 3 atom stereocenters. The molecular formula is C15H27N2OP3. The first-order valence-electron chi connectivity index (χ1n) is 7.49. The van der Waals surface area contributed by atoms with Crippen LogP contribution in [0.5, 0.6) is 5.75 Å². The predicted octanol–water partition coefficient (Wildman–Crippen LogP) is 4.14. The van der Waals surface area contributed by atoms with E-state index in [4.69, 9.17) is 4.74 Å². The van der Waals surface area contributed by atoms with Crippen LogP contribution in [0.4, 0.5) is 5.69 Å². The van der Waals surface area contributed by atoms with E-state index in [0.717, 1.165) is 24.5 Å². The van der Waals surface area contributed by atoms with Gasteiger partial charge >= 0.3 is 0 Å². The summed E-state index contributed by atoms with van der Waals surface area (Å²) in [6.07, 6.45) is 2.62. The lowest BCUT2D eigenvalue weighted by molar-refractivity contribution is 0.243. The third-order valence-corrected chi connectivity index (χ3v) is 5.03. The summed E-state index contributed by atoms with van der Waals surface area (Å²) >= 11 is 0. The van der Waals surface area contributed by atoms with E-state index in [1.807, 2.05) is 4.44 Å². The van der Waals surface area contributed by atoms with Crippen molar-refractivity contribution >= 4 is 33.9 Å². The summed E-state index contributed by atoms with van der Waals surface area (Å²) in [6.45, 7) is 8.66. The van der Waals surface area contributed by atoms with Crippen molar-refractivity contribution in [1.29, 1.82) is 0 Å². The highest BCUT2D eigenvalue weighted by Gasteiger charge is 2.22. The van der Waals surface area contributed by atoms with Crippen molar-refractivity contribution in [3.8, 4) is 5.75 Å². The molecule has 6 heteroatoms. The number of anilines is 1. The Balaban J connectivity index is 2.33. The van der Waals surface area contributed by atoms with Gasteiger partial charge in [0.05, 0.1) is 11.8 Å². The zero-order valence-corrected chi connectivity index (χ0v) is 16.6. The van der Waals surface area contributed by atoms with Crippen LogP contribution in [-0.4, -0.2) is 23.9 Å². The van der Waals surface area contributed by atoms with Gasteiger partial charge in [0, 0.05) is 13.1 Å². The molecule has 0 spiro atoms. The number of hydrogen-bond donors (Lipinski definition) is 0. The highest BCUT2D eigenvalue weighted by molar-refractivity contribution is 7.39. The van der Waals surface area contributed by atoms with Crippen LogP contribution in [0.2, 0.25) is 0 Å². The van der Waals surface area contributed by atoms with E-state index in [0.29, 0.717) is 5.92 Å². The molecule has 1 saturated heterocycles. The zero-order chi connectivity index (χ0) is 15.6. The van der Waals surface area contributed by atoms with Crippen molar-refractivity contribution in [3.63, 3.8) is 0 Å². The van der Waals surface area contributed by atoms with E-state index < -0.39 is 0 Å². The number of nitrogens with zero attached hydrogens (tertiary/aromatic N) is 2. The fraction of sp³-hybridized carbons (Fsp3) is 0.600. The van der Waals surface area contributed by atoms with Crippen LogP contribution in [0.25, 0.3) is 0 Å². The molecule has 1 heterocycles. The Hall–Kier alpha value is 0.0700. The van der Waals surface area contributed by atoms with Gasteiger partial charge in [-0.25, -0.2) is 0 Å². The monoisotopic (exact) mass is 344 g/mol. The molecule has 1 fully saturated rings. The fourth-order valence-corrected chi connectivity index (χ4v) is 3.59. The summed E-state index contributed by atoms with van der Waals surface area (Å²) < 4.78 is 10.3. The number of ether oxygens (including phenoxy) is 1. The molecule has 3 unspecified atom stereocenters. The third-order valence-electron chi connectivity index (χ3n) is 3.96. The maximum absolute atomic E-state index is 6.03. The summed E-state index contributed by atoms with van der Waals surface area (Å²) in [5, 5.41) is 0. The Labute approximate surface area is 136 Å². The number of aryl methyl sites for hydroxylation is 1. The predicted molar refractivity (Wildman–Crippen MR) is 102 cm³/mol. The van der Waals surface area contributed by atoms with Crippen LogP contribution in [0.3, 0.4) is 0 Å². The molecule has 3 nitrogen and oxygen atoms in total. The smallest absolute Gasteiger partial charge is 0.143 e. The van der Waals surface area contributed by atoms with Crippen molar-refractivity contribution in [2.75, 3.05) is 17.5 Å². The Morgan fingerprint density at radius 2 is 1.86 bits per heavy atom. The van der Waals surface area contributed by atoms with Crippen LogP contribution in [0.1, 0.15) is 43.7 Å². The average molecular weight is 344 g/mol. The van der Waals surface area contributed by atoms with Crippen molar-refractivity contribution in [3.05, 3.63) is 23.3 Å². The second kappa shape index (κ2) is 7.56. The molecule has 2 rings (SSSR count). The Bertz CT molecular complexity index is 486. The van der Waals surface area contributed by atoms with Crippen LogP contribution in [0.15, 0.2) is 12.1 Å². The maximum Gasteiger partial charge on any atom is 0.143 e. The summed E-state index contributed by atoms with van der Waals surface area (Å²) in [6, 6.07) is 4.50. The first kappa shape index (κ1) is 17.4. The summed E-state index contributed by atoms with van der Waals surface area (Å²) in [5.74, 6) is 1.62. The molecule has 1 aromatic carbocycles. The van der Waals surface area contributed by atoms with E-state index in [9.17, 15) is 0 Å². The molecule has 1 aliphatic heterocycles. The molecule has 1 aliphatic rings. The maximum atomic E-state index is 6.03. The molecule has 0 radical (unpaired) electrons. The van der Waals surface area contributed by atoms with Crippen molar-refractivity contribution in [1.82, 2.24) is 4.67 Å². The van der Waals surface area contributed by atoms with Gasteiger partial charge in [-0.05, 0) is 81.6 Å². The second-order valence-electron chi connectivity index (χ2n) is 6.06. The van der Waals surface area contributed by atoms with Gasteiger partial charge in [-0.15, -0.1) is 0 Å². The Kier molecular flexibility index (Phi) is 6.27. The fourth-order valence-electron chi connectivity index (χ4n) is 2.89. The quantitative estimate of drug-likeness (QED) is 0.764. The number of hydrogen-bond acceptors (Lipinski definition) is 3. The van der Waals surface area contributed by atoms with E-state index in [1.54, 1.807) is 0 Å².